The summed E-state index contributed by atoms with van der Waals surface area (Å²) in [5.74, 6) is -0.615. The molecule has 1 aromatic heterocycles. The van der Waals surface area contributed by atoms with Gasteiger partial charge in [0.15, 0.2) is 17.5 Å². The molecule has 1 saturated carbocycles. The maximum Gasteiger partial charge on any atom is 0.166 e. The van der Waals surface area contributed by atoms with Crippen molar-refractivity contribution >= 4 is 5.69 Å². The van der Waals surface area contributed by atoms with Crippen LogP contribution < -0.4 is 5.73 Å². The van der Waals surface area contributed by atoms with Gasteiger partial charge in [-0.05, 0) is 25.8 Å². The van der Waals surface area contributed by atoms with Crippen LogP contribution in [-0.4, -0.2) is 14.8 Å². The third-order valence-electron chi connectivity index (χ3n) is 3.11. The Morgan fingerprint density at radius 1 is 1.22 bits per heavy atom. The molecule has 0 spiro atoms. The monoisotopic (exact) mass is 250 g/mol. The summed E-state index contributed by atoms with van der Waals surface area (Å²) in [6.45, 7) is 1.84. The summed E-state index contributed by atoms with van der Waals surface area (Å²) in [5, 5.41) is 8.01. The minimum absolute atomic E-state index is 0.170. The van der Waals surface area contributed by atoms with Gasteiger partial charge in [-0.15, -0.1) is 10.2 Å². The van der Waals surface area contributed by atoms with Crippen molar-refractivity contribution in [2.24, 2.45) is 0 Å². The molecule has 2 N–H and O–H groups in total. The van der Waals surface area contributed by atoms with E-state index in [1.807, 2.05) is 11.5 Å². The molecule has 2 aromatic rings. The van der Waals surface area contributed by atoms with Gasteiger partial charge in [0.1, 0.15) is 5.82 Å². The van der Waals surface area contributed by atoms with E-state index in [2.05, 4.69) is 10.2 Å². The van der Waals surface area contributed by atoms with Gasteiger partial charge in [0.2, 0.25) is 0 Å². The molecular formula is C12H12F2N4. The van der Waals surface area contributed by atoms with E-state index in [0.717, 1.165) is 30.8 Å². The topological polar surface area (TPSA) is 56.7 Å². The number of nitrogens with two attached hydrogens (primary N) is 1. The van der Waals surface area contributed by atoms with Crippen molar-refractivity contribution in [1.29, 1.82) is 0 Å². The molecule has 0 unspecified atom stereocenters. The fraction of sp³-hybridized carbons (Fsp3) is 0.333. The maximum absolute atomic E-state index is 13.3. The van der Waals surface area contributed by atoms with E-state index >= 15 is 0 Å². The third kappa shape index (κ3) is 1.64. The lowest BCUT2D eigenvalue weighted by molar-refractivity contribution is 0.509. The summed E-state index contributed by atoms with van der Waals surface area (Å²) < 4.78 is 28.3. The molecule has 0 atom stereocenters. The molecule has 0 aliphatic heterocycles. The molecule has 0 saturated heterocycles. The van der Waals surface area contributed by atoms with E-state index in [4.69, 9.17) is 5.73 Å². The fourth-order valence-electron chi connectivity index (χ4n) is 2.08. The standard InChI is InChI=1S/C12H12F2N4/c1-6-16-17-12(18(6)7-2-3-7)8-4-9(13)10(14)5-11(8)15/h4-5,7H,2-3,15H2,1H3. The summed E-state index contributed by atoms with van der Waals surface area (Å²) in [5.41, 5.74) is 6.29. The van der Waals surface area contributed by atoms with Gasteiger partial charge < -0.3 is 10.3 Å². The molecule has 1 fully saturated rings. The highest BCUT2D eigenvalue weighted by molar-refractivity contribution is 5.72. The molecule has 3 rings (SSSR count). The Balaban J connectivity index is 2.18. The molecular weight excluding hydrogens is 238 g/mol. The Morgan fingerprint density at radius 3 is 2.56 bits per heavy atom. The Labute approximate surface area is 102 Å². The molecule has 0 radical (unpaired) electrons. The minimum atomic E-state index is -0.953. The minimum Gasteiger partial charge on any atom is -0.398 e. The van der Waals surface area contributed by atoms with Gasteiger partial charge in [-0.25, -0.2) is 8.78 Å². The number of rotatable bonds is 2. The zero-order chi connectivity index (χ0) is 12.9. The number of aryl methyl sites for hydroxylation is 1. The van der Waals surface area contributed by atoms with E-state index in [-0.39, 0.29) is 5.69 Å². The molecule has 1 aromatic carbocycles. The van der Waals surface area contributed by atoms with Crippen LogP contribution in [0, 0.1) is 18.6 Å². The first-order valence-corrected chi connectivity index (χ1v) is 5.74. The lowest BCUT2D eigenvalue weighted by atomic mass is 10.1. The predicted molar refractivity (Wildman–Crippen MR) is 62.8 cm³/mol. The quantitative estimate of drug-likeness (QED) is 0.833. The van der Waals surface area contributed by atoms with Gasteiger partial charge >= 0.3 is 0 Å². The first-order valence-electron chi connectivity index (χ1n) is 5.74. The van der Waals surface area contributed by atoms with Crippen molar-refractivity contribution in [3.8, 4) is 11.4 Å². The zero-order valence-electron chi connectivity index (χ0n) is 9.82. The Kier molecular flexibility index (Phi) is 2.33. The Bertz CT molecular complexity index is 617. The highest BCUT2D eigenvalue weighted by Gasteiger charge is 2.29. The summed E-state index contributed by atoms with van der Waals surface area (Å²) in [4.78, 5) is 0. The van der Waals surface area contributed by atoms with Crippen LogP contribution in [0.4, 0.5) is 14.5 Å². The van der Waals surface area contributed by atoms with Crippen LogP contribution in [0.25, 0.3) is 11.4 Å². The van der Waals surface area contributed by atoms with Gasteiger partial charge in [0.25, 0.3) is 0 Å². The summed E-state index contributed by atoms with van der Waals surface area (Å²) in [7, 11) is 0. The number of anilines is 1. The zero-order valence-corrected chi connectivity index (χ0v) is 9.82. The summed E-state index contributed by atoms with van der Waals surface area (Å²) in [6.07, 6.45) is 2.10. The molecule has 1 heterocycles. The van der Waals surface area contributed by atoms with E-state index in [1.54, 1.807) is 0 Å². The maximum atomic E-state index is 13.3. The number of nitrogen functional groups attached to an aromatic ring is 1. The van der Waals surface area contributed by atoms with E-state index < -0.39 is 11.6 Å². The van der Waals surface area contributed by atoms with Crippen LogP contribution in [0.1, 0.15) is 24.7 Å². The van der Waals surface area contributed by atoms with Crippen molar-refractivity contribution in [1.82, 2.24) is 14.8 Å². The Hall–Kier alpha value is -1.98. The number of hydrogen-bond acceptors (Lipinski definition) is 3. The number of aromatic nitrogens is 3. The van der Waals surface area contributed by atoms with Crippen LogP contribution in [-0.2, 0) is 0 Å². The van der Waals surface area contributed by atoms with Gasteiger partial charge in [-0.3, -0.25) is 0 Å². The first kappa shape index (κ1) is 11.1. The highest BCUT2D eigenvalue weighted by Crippen LogP contribution is 2.39. The lowest BCUT2D eigenvalue weighted by Crippen LogP contribution is -2.03. The van der Waals surface area contributed by atoms with Gasteiger partial charge in [0, 0.05) is 23.4 Å². The van der Waals surface area contributed by atoms with Gasteiger partial charge in [-0.1, -0.05) is 0 Å². The van der Waals surface area contributed by atoms with Crippen molar-refractivity contribution < 1.29 is 8.78 Å². The number of nitrogens with zero attached hydrogens (tertiary/aromatic N) is 3. The van der Waals surface area contributed by atoms with Crippen LogP contribution in [0.2, 0.25) is 0 Å². The normalized spacial score (nSPS) is 15.1. The summed E-state index contributed by atoms with van der Waals surface area (Å²) in [6, 6.07) is 2.40. The van der Waals surface area contributed by atoms with Crippen LogP contribution in [0.5, 0.6) is 0 Å². The first-order chi connectivity index (χ1) is 8.58. The molecule has 1 aliphatic carbocycles. The smallest absolute Gasteiger partial charge is 0.166 e. The van der Waals surface area contributed by atoms with Crippen LogP contribution in [0.15, 0.2) is 12.1 Å². The van der Waals surface area contributed by atoms with E-state index in [9.17, 15) is 8.78 Å². The molecule has 94 valence electrons. The SMILES string of the molecule is Cc1nnc(-c2cc(F)c(F)cc2N)n1C1CC1. The number of halogens is 2. The van der Waals surface area contributed by atoms with Crippen LogP contribution in [0.3, 0.4) is 0 Å². The van der Waals surface area contributed by atoms with Crippen molar-refractivity contribution in [2.75, 3.05) is 5.73 Å². The third-order valence-corrected chi connectivity index (χ3v) is 3.11. The fourth-order valence-corrected chi connectivity index (χ4v) is 2.08. The van der Waals surface area contributed by atoms with Crippen LogP contribution >= 0.6 is 0 Å². The highest BCUT2D eigenvalue weighted by atomic mass is 19.2. The average molecular weight is 250 g/mol. The second-order valence-electron chi connectivity index (χ2n) is 4.53. The van der Waals surface area contributed by atoms with Crippen molar-refractivity contribution in [3.63, 3.8) is 0 Å². The van der Waals surface area contributed by atoms with Gasteiger partial charge in [-0.2, -0.15) is 0 Å². The second-order valence-corrected chi connectivity index (χ2v) is 4.53. The van der Waals surface area contributed by atoms with Crippen molar-refractivity contribution in [3.05, 3.63) is 29.6 Å². The predicted octanol–water partition coefficient (Wildman–Crippen LogP) is 2.45. The number of benzene rings is 1. The summed E-state index contributed by atoms with van der Waals surface area (Å²) >= 11 is 0. The molecule has 1 aliphatic rings. The molecule has 4 nitrogen and oxygen atoms in total. The Morgan fingerprint density at radius 2 is 1.89 bits per heavy atom. The van der Waals surface area contributed by atoms with E-state index in [0.29, 0.717) is 17.4 Å². The average Bonchev–Trinajstić information content (AvgIpc) is 3.08. The van der Waals surface area contributed by atoms with E-state index in [1.165, 1.54) is 0 Å². The second kappa shape index (κ2) is 3.76. The number of hydrogen-bond donors (Lipinski definition) is 1. The van der Waals surface area contributed by atoms with Crippen molar-refractivity contribution in [2.45, 2.75) is 25.8 Å². The largest absolute Gasteiger partial charge is 0.398 e. The lowest BCUT2D eigenvalue weighted by Gasteiger charge is -2.09. The molecule has 0 bridgehead atoms. The molecule has 18 heavy (non-hydrogen) atoms. The van der Waals surface area contributed by atoms with Gasteiger partial charge in [0.05, 0.1) is 0 Å². The molecule has 0 amide bonds. The molecule has 6 heteroatoms.